The molecule has 27 heavy (non-hydrogen) atoms. The molecule has 148 valence electrons. The van der Waals surface area contributed by atoms with Crippen LogP contribution in [0.1, 0.15) is 72.6 Å². The summed E-state index contributed by atoms with van der Waals surface area (Å²) in [5, 5.41) is 3.15. The second kappa shape index (κ2) is 6.28. The summed E-state index contributed by atoms with van der Waals surface area (Å²) < 4.78 is 0. The number of hydrogen-bond acceptors (Lipinski definition) is 3. The molecule has 1 amide bonds. The molecule has 0 aliphatic heterocycles. The van der Waals surface area contributed by atoms with Crippen molar-refractivity contribution in [1.82, 2.24) is 5.32 Å². The van der Waals surface area contributed by atoms with Crippen LogP contribution in [0.4, 0.5) is 0 Å². The Morgan fingerprint density at radius 2 is 1.89 bits per heavy atom. The van der Waals surface area contributed by atoms with Crippen molar-refractivity contribution in [1.29, 1.82) is 0 Å². The number of Topliss-reactive ketones (excluding diaryl/α,β-unsaturated/α-hetero) is 1. The van der Waals surface area contributed by atoms with Gasteiger partial charge in [0.1, 0.15) is 0 Å². The summed E-state index contributed by atoms with van der Waals surface area (Å²) in [6.07, 6.45) is 8.91. The first kappa shape index (κ1) is 18.9. The zero-order valence-electron chi connectivity index (χ0n) is 17.1. The Morgan fingerprint density at radius 3 is 2.59 bits per heavy atom. The molecule has 0 aromatic heterocycles. The highest BCUT2D eigenvalue weighted by Crippen LogP contribution is 2.66. The quantitative estimate of drug-likeness (QED) is 0.750. The first-order valence-corrected chi connectivity index (χ1v) is 10.7. The number of carbonyl (C=O) groups is 3. The number of allylic oxidation sites excluding steroid dienone is 1. The fourth-order valence-corrected chi connectivity index (χ4v) is 7.75. The monoisotopic (exact) mass is 371 g/mol. The SMILES string of the molecule is CC(=O)NC(C)[C@H]1CC[C@H]2[C@@H]3CCC4=CC(=O)C(=O)C[C@]4(C)[C@H]3CC[C@]12C. The van der Waals surface area contributed by atoms with Crippen LogP contribution in [0.3, 0.4) is 0 Å². The minimum Gasteiger partial charge on any atom is -0.354 e. The van der Waals surface area contributed by atoms with Crippen LogP contribution >= 0.6 is 0 Å². The van der Waals surface area contributed by atoms with Crippen molar-refractivity contribution in [2.24, 2.45) is 34.5 Å². The van der Waals surface area contributed by atoms with Gasteiger partial charge in [0, 0.05) is 19.4 Å². The standard InChI is InChI=1S/C23H33NO3/c1-13(24-14(2)25)17-7-8-18-16-6-5-15-11-20(26)21(27)12-23(15,4)19(16)9-10-22(17,18)3/h11,13,16-19H,5-10,12H2,1-4H3,(H,24,25)/t13?,16-,17+,18-,19-,22+,23-/m0/s1. The van der Waals surface area contributed by atoms with Crippen molar-refractivity contribution < 1.29 is 14.4 Å². The molecule has 1 N–H and O–H groups in total. The van der Waals surface area contributed by atoms with Crippen LogP contribution in [0.25, 0.3) is 0 Å². The highest BCUT2D eigenvalue weighted by Gasteiger charge is 2.60. The molecule has 7 atom stereocenters. The van der Waals surface area contributed by atoms with Crippen LogP contribution < -0.4 is 5.32 Å². The summed E-state index contributed by atoms with van der Waals surface area (Å²) in [4.78, 5) is 35.7. The Hall–Kier alpha value is -1.45. The molecular weight excluding hydrogens is 338 g/mol. The van der Waals surface area contributed by atoms with Crippen molar-refractivity contribution in [3.63, 3.8) is 0 Å². The van der Waals surface area contributed by atoms with E-state index < -0.39 is 0 Å². The molecule has 4 nitrogen and oxygen atoms in total. The fourth-order valence-electron chi connectivity index (χ4n) is 7.75. The van der Waals surface area contributed by atoms with Gasteiger partial charge in [0.25, 0.3) is 0 Å². The van der Waals surface area contributed by atoms with E-state index in [0.717, 1.165) is 19.3 Å². The zero-order valence-corrected chi connectivity index (χ0v) is 17.1. The van der Waals surface area contributed by atoms with Gasteiger partial charge in [-0.25, -0.2) is 0 Å². The molecule has 0 radical (unpaired) electrons. The van der Waals surface area contributed by atoms with Gasteiger partial charge >= 0.3 is 0 Å². The first-order chi connectivity index (χ1) is 12.7. The molecule has 4 aliphatic carbocycles. The number of amides is 1. The van der Waals surface area contributed by atoms with Gasteiger partial charge in [-0.05, 0) is 86.0 Å². The molecular formula is C23H33NO3. The zero-order chi connectivity index (χ0) is 19.6. The number of nitrogens with one attached hydrogen (secondary N) is 1. The van der Waals surface area contributed by atoms with Gasteiger partial charge in [0.2, 0.25) is 17.5 Å². The Labute approximate surface area is 162 Å². The molecule has 0 aromatic rings. The maximum absolute atomic E-state index is 12.2. The van der Waals surface area contributed by atoms with E-state index >= 15 is 0 Å². The van der Waals surface area contributed by atoms with Crippen molar-refractivity contribution in [3.8, 4) is 0 Å². The lowest BCUT2D eigenvalue weighted by atomic mass is 9.46. The smallest absolute Gasteiger partial charge is 0.221 e. The average Bonchev–Trinajstić information content (AvgIpc) is 2.93. The van der Waals surface area contributed by atoms with Gasteiger partial charge in [-0.1, -0.05) is 19.4 Å². The highest BCUT2D eigenvalue weighted by molar-refractivity contribution is 6.42. The number of hydrogen-bond donors (Lipinski definition) is 1. The van der Waals surface area contributed by atoms with Crippen molar-refractivity contribution >= 4 is 17.5 Å². The van der Waals surface area contributed by atoms with Crippen molar-refractivity contribution in [2.75, 3.05) is 0 Å². The molecule has 1 unspecified atom stereocenters. The third kappa shape index (κ3) is 2.74. The largest absolute Gasteiger partial charge is 0.354 e. The third-order valence-electron chi connectivity index (χ3n) is 8.95. The number of carbonyl (C=O) groups excluding carboxylic acids is 3. The molecule has 3 saturated carbocycles. The summed E-state index contributed by atoms with van der Waals surface area (Å²) in [6.45, 7) is 8.47. The van der Waals surface area contributed by atoms with Crippen LogP contribution in [0, 0.1) is 34.5 Å². The third-order valence-corrected chi connectivity index (χ3v) is 8.95. The van der Waals surface area contributed by atoms with E-state index in [1.807, 2.05) is 0 Å². The maximum atomic E-state index is 12.2. The molecule has 0 bridgehead atoms. The Morgan fingerprint density at radius 1 is 1.15 bits per heavy atom. The summed E-state index contributed by atoms with van der Waals surface area (Å²) >= 11 is 0. The van der Waals surface area contributed by atoms with Gasteiger partial charge in [-0.15, -0.1) is 0 Å². The average molecular weight is 372 g/mol. The second-order valence-corrected chi connectivity index (χ2v) is 10.2. The summed E-state index contributed by atoms with van der Waals surface area (Å²) in [7, 11) is 0. The van der Waals surface area contributed by atoms with Gasteiger partial charge in [0.15, 0.2) is 0 Å². The molecule has 3 fully saturated rings. The molecule has 4 heteroatoms. The number of fused-ring (bicyclic) bond motifs is 5. The second-order valence-electron chi connectivity index (χ2n) is 10.2. The van der Waals surface area contributed by atoms with E-state index in [9.17, 15) is 14.4 Å². The van der Waals surface area contributed by atoms with E-state index in [1.165, 1.54) is 24.8 Å². The van der Waals surface area contributed by atoms with E-state index in [4.69, 9.17) is 0 Å². The molecule has 0 spiro atoms. The van der Waals surface area contributed by atoms with Crippen LogP contribution in [0.2, 0.25) is 0 Å². The first-order valence-electron chi connectivity index (χ1n) is 10.7. The molecule has 0 heterocycles. The normalized spacial score (nSPS) is 44.7. The Kier molecular flexibility index (Phi) is 4.40. The maximum Gasteiger partial charge on any atom is 0.221 e. The Bertz CT molecular complexity index is 725. The minimum absolute atomic E-state index is 0.0635. The van der Waals surface area contributed by atoms with E-state index in [1.54, 1.807) is 13.0 Å². The van der Waals surface area contributed by atoms with Gasteiger partial charge in [-0.3, -0.25) is 14.4 Å². The molecule has 0 aromatic carbocycles. The predicted octanol–water partition coefficient (Wildman–Crippen LogP) is 3.84. The molecule has 4 aliphatic rings. The summed E-state index contributed by atoms with van der Waals surface area (Å²) in [5.41, 5.74) is 1.39. The van der Waals surface area contributed by atoms with Crippen LogP contribution in [0.5, 0.6) is 0 Å². The van der Waals surface area contributed by atoms with Gasteiger partial charge in [-0.2, -0.15) is 0 Å². The number of rotatable bonds is 2. The van der Waals surface area contributed by atoms with Crippen molar-refractivity contribution in [3.05, 3.63) is 11.6 Å². The van der Waals surface area contributed by atoms with E-state index in [2.05, 4.69) is 26.1 Å². The van der Waals surface area contributed by atoms with E-state index in [-0.39, 0.29) is 34.3 Å². The van der Waals surface area contributed by atoms with Crippen LogP contribution in [-0.2, 0) is 14.4 Å². The number of ketones is 2. The van der Waals surface area contributed by atoms with E-state index in [0.29, 0.717) is 30.1 Å². The van der Waals surface area contributed by atoms with Crippen LogP contribution in [0.15, 0.2) is 11.6 Å². The van der Waals surface area contributed by atoms with Gasteiger partial charge < -0.3 is 5.32 Å². The Balaban J connectivity index is 1.61. The van der Waals surface area contributed by atoms with Crippen molar-refractivity contribution in [2.45, 2.75) is 78.7 Å². The predicted molar refractivity (Wildman–Crippen MR) is 104 cm³/mol. The molecule has 0 saturated heterocycles. The lowest BCUT2D eigenvalue weighted by Crippen LogP contribution is -2.53. The van der Waals surface area contributed by atoms with Gasteiger partial charge in [0.05, 0.1) is 0 Å². The topological polar surface area (TPSA) is 63.2 Å². The minimum atomic E-state index is -0.286. The molecule has 4 rings (SSSR count). The fraction of sp³-hybridized carbons (Fsp3) is 0.783. The summed E-state index contributed by atoms with van der Waals surface area (Å²) in [6, 6.07) is 0.220. The highest BCUT2D eigenvalue weighted by atomic mass is 16.2. The lowest BCUT2D eigenvalue weighted by molar-refractivity contribution is -0.138. The summed E-state index contributed by atoms with van der Waals surface area (Å²) in [5.74, 6) is 1.94. The lowest BCUT2D eigenvalue weighted by Gasteiger charge is -2.58. The van der Waals surface area contributed by atoms with Crippen LogP contribution in [-0.4, -0.2) is 23.5 Å².